The number of aromatic carboxylic acids is 1. The lowest BCUT2D eigenvalue weighted by molar-refractivity contribution is -0.162. The van der Waals surface area contributed by atoms with Crippen LogP contribution in [0.2, 0.25) is 0 Å². The molecule has 0 atom stereocenters. The second kappa shape index (κ2) is 4.66. The molecule has 2 amide bonds. The van der Waals surface area contributed by atoms with Gasteiger partial charge in [-0.2, -0.15) is 13.2 Å². The Bertz CT molecular complexity index is 555. The number of carbonyl (C=O) groups excluding carboxylic acids is 1. The average Bonchev–Trinajstić information content (AvgIpc) is 3.09. The number of rotatable bonds is 3. The number of pyridine rings is 1. The Balaban J connectivity index is 2.02. The summed E-state index contributed by atoms with van der Waals surface area (Å²) >= 11 is 0. The number of carboxylic acid groups (broad SMARTS) is 1. The Kier molecular flexibility index (Phi) is 3.28. The molecule has 0 aliphatic heterocycles. The minimum atomic E-state index is -4.51. The molecule has 0 spiro atoms. The molecule has 20 heavy (non-hydrogen) atoms. The fourth-order valence-corrected chi connectivity index (χ4v) is 1.61. The van der Waals surface area contributed by atoms with E-state index in [4.69, 9.17) is 5.11 Å². The molecule has 1 aromatic rings. The highest BCUT2D eigenvalue weighted by molar-refractivity contribution is 5.93. The Hall–Kier alpha value is -2.32. The van der Waals surface area contributed by atoms with Crippen LogP contribution in [0.15, 0.2) is 18.5 Å². The molecule has 108 valence electrons. The van der Waals surface area contributed by atoms with Gasteiger partial charge in [0.05, 0.1) is 17.4 Å². The topological polar surface area (TPSA) is 91.3 Å². The lowest BCUT2D eigenvalue weighted by Gasteiger charge is -2.20. The number of anilines is 1. The summed E-state index contributed by atoms with van der Waals surface area (Å²) in [6.45, 7) is 0. The SMILES string of the molecule is O=C(Nc1cncc(C(=O)O)c1)NC1(C(F)(F)F)CC1. The normalized spacial score (nSPS) is 16.4. The largest absolute Gasteiger partial charge is 0.478 e. The molecule has 0 radical (unpaired) electrons. The summed E-state index contributed by atoms with van der Waals surface area (Å²) in [5.74, 6) is -1.25. The molecule has 6 nitrogen and oxygen atoms in total. The van der Waals surface area contributed by atoms with Gasteiger partial charge >= 0.3 is 18.2 Å². The second-order valence-electron chi connectivity index (χ2n) is 4.43. The van der Waals surface area contributed by atoms with Crippen LogP contribution in [0.5, 0.6) is 0 Å². The van der Waals surface area contributed by atoms with Crippen LogP contribution >= 0.6 is 0 Å². The van der Waals surface area contributed by atoms with Crippen LogP contribution in [0.3, 0.4) is 0 Å². The van der Waals surface area contributed by atoms with Gasteiger partial charge in [-0.25, -0.2) is 9.59 Å². The van der Waals surface area contributed by atoms with Crippen LogP contribution in [0.25, 0.3) is 0 Å². The van der Waals surface area contributed by atoms with E-state index in [0.717, 1.165) is 18.5 Å². The number of nitrogens with one attached hydrogen (secondary N) is 2. The Morgan fingerprint density at radius 2 is 1.95 bits per heavy atom. The third-order valence-corrected chi connectivity index (χ3v) is 2.89. The third kappa shape index (κ3) is 2.81. The number of carboxylic acids is 1. The zero-order valence-corrected chi connectivity index (χ0v) is 9.99. The molecule has 1 fully saturated rings. The van der Waals surface area contributed by atoms with Gasteiger partial charge in [0, 0.05) is 6.20 Å². The zero-order valence-electron chi connectivity index (χ0n) is 9.99. The van der Waals surface area contributed by atoms with Crippen LogP contribution in [0.4, 0.5) is 23.7 Å². The van der Waals surface area contributed by atoms with Gasteiger partial charge < -0.3 is 15.7 Å². The first kappa shape index (κ1) is 14.1. The maximum Gasteiger partial charge on any atom is 0.411 e. The highest BCUT2D eigenvalue weighted by Gasteiger charge is 2.64. The minimum Gasteiger partial charge on any atom is -0.478 e. The molecule has 1 aromatic heterocycles. The number of alkyl halides is 3. The second-order valence-corrected chi connectivity index (χ2v) is 4.43. The molecule has 1 heterocycles. The third-order valence-electron chi connectivity index (χ3n) is 2.89. The molecule has 1 aliphatic rings. The van der Waals surface area contributed by atoms with E-state index in [0.29, 0.717) is 0 Å². The number of carbonyl (C=O) groups is 2. The van der Waals surface area contributed by atoms with Crippen LogP contribution in [-0.2, 0) is 0 Å². The monoisotopic (exact) mass is 289 g/mol. The predicted molar refractivity (Wildman–Crippen MR) is 61.4 cm³/mol. The van der Waals surface area contributed by atoms with E-state index >= 15 is 0 Å². The molecular formula is C11H10F3N3O3. The van der Waals surface area contributed by atoms with Crippen LogP contribution in [-0.4, -0.2) is 33.8 Å². The van der Waals surface area contributed by atoms with Crippen molar-refractivity contribution in [3.05, 3.63) is 24.0 Å². The first-order valence-electron chi connectivity index (χ1n) is 5.58. The van der Waals surface area contributed by atoms with E-state index in [1.165, 1.54) is 0 Å². The number of aromatic nitrogens is 1. The van der Waals surface area contributed by atoms with E-state index < -0.39 is 23.7 Å². The van der Waals surface area contributed by atoms with Crippen molar-refractivity contribution < 1.29 is 27.9 Å². The lowest BCUT2D eigenvalue weighted by atomic mass is 10.2. The number of nitrogens with zero attached hydrogens (tertiary/aromatic N) is 1. The fraction of sp³-hybridized carbons (Fsp3) is 0.364. The molecular weight excluding hydrogens is 279 g/mol. The van der Waals surface area contributed by atoms with Gasteiger partial charge in [-0.3, -0.25) is 4.98 Å². The molecule has 1 aliphatic carbocycles. The van der Waals surface area contributed by atoms with E-state index in [1.54, 1.807) is 0 Å². The highest BCUT2D eigenvalue weighted by atomic mass is 19.4. The van der Waals surface area contributed by atoms with Crippen molar-refractivity contribution in [3.63, 3.8) is 0 Å². The lowest BCUT2D eigenvalue weighted by Crippen LogP contribution is -2.49. The number of hydrogen-bond acceptors (Lipinski definition) is 3. The molecule has 0 aromatic carbocycles. The zero-order chi connectivity index (χ0) is 15.0. The minimum absolute atomic E-state index is 0.000347. The van der Waals surface area contributed by atoms with E-state index in [2.05, 4.69) is 10.3 Å². The van der Waals surface area contributed by atoms with Gasteiger partial charge in [-0.1, -0.05) is 0 Å². The fourth-order valence-electron chi connectivity index (χ4n) is 1.61. The summed E-state index contributed by atoms with van der Waals surface area (Å²) < 4.78 is 37.9. The number of amides is 2. The van der Waals surface area contributed by atoms with Crippen molar-refractivity contribution >= 4 is 17.7 Å². The van der Waals surface area contributed by atoms with Crippen LogP contribution in [0, 0.1) is 0 Å². The maximum atomic E-state index is 12.6. The Morgan fingerprint density at radius 3 is 2.45 bits per heavy atom. The maximum absolute atomic E-state index is 12.6. The van der Waals surface area contributed by atoms with Crippen molar-refractivity contribution in [3.8, 4) is 0 Å². The number of halogens is 3. The van der Waals surface area contributed by atoms with Gasteiger partial charge in [-0.05, 0) is 18.9 Å². The molecule has 1 saturated carbocycles. The van der Waals surface area contributed by atoms with E-state index in [9.17, 15) is 22.8 Å². The first-order valence-corrected chi connectivity index (χ1v) is 5.58. The van der Waals surface area contributed by atoms with Gasteiger partial charge in [-0.15, -0.1) is 0 Å². The van der Waals surface area contributed by atoms with Crippen molar-refractivity contribution in [2.24, 2.45) is 0 Å². The summed E-state index contributed by atoms with van der Waals surface area (Å²) in [5, 5.41) is 12.7. The van der Waals surface area contributed by atoms with Gasteiger partial charge in [0.15, 0.2) is 0 Å². The quantitative estimate of drug-likeness (QED) is 0.793. The van der Waals surface area contributed by atoms with Crippen molar-refractivity contribution in [2.75, 3.05) is 5.32 Å². The van der Waals surface area contributed by atoms with Crippen LogP contribution < -0.4 is 10.6 Å². The van der Waals surface area contributed by atoms with Crippen molar-refractivity contribution in [1.82, 2.24) is 10.3 Å². The Labute approximate surface area is 111 Å². The van der Waals surface area contributed by atoms with Crippen LogP contribution in [0.1, 0.15) is 23.2 Å². The summed E-state index contributed by atoms with van der Waals surface area (Å²) in [5.41, 5.74) is -2.35. The van der Waals surface area contributed by atoms with Gasteiger partial charge in [0.2, 0.25) is 0 Å². The van der Waals surface area contributed by atoms with Gasteiger partial charge in [0.1, 0.15) is 5.54 Å². The van der Waals surface area contributed by atoms with Gasteiger partial charge in [0.25, 0.3) is 0 Å². The smallest absolute Gasteiger partial charge is 0.411 e. The summed E-state index contributed by atoms with van der Waals surface area (Å²) in [6, 6.07) is 0.0476. The molecule has 0 bridgehead atoms. The number of hydrogen-bond donors (Lipinski definition) is 3. The highest BCUT2D eigenvalue weighted by Crippen LogP contribution is 2.48. The first-order chi connectivity index (χ1) is 9.23. The predicted octanol–water partition coefficient (Wildman–Crippen LogP) is 2.00. The summed E-state index contributed by atoms with van der Waals surface area (Å²) in [7, 11) is 0. The average molecular weight is 289 g/mol. The molecule has 0 saturated heterocycles. The molecule has 9 heteroatoms. The van der Waals surface area contributed by atoms with E-state index in [-0.39, 0.29) is 24.1 Å². The van der Waals surface area contributed by atoms with Crippen molar-refractivity contribution in [1.29, 1.82) is 0 Å². The molecule has 3 N–H and O–H groups in total. The number of urea groups is 1. The van der Waals surface area contributed by atoms with Crippen molar-refractivity contribution in [2.45, 2.75) is 24.6 Å². The summed E-state index contributed by atoms with van der Waals surface area (Å²) in [6.07, 6.45) is -2.65. The Morgan fingerprint density at radius 1 is 1.30 bits per heavy atom. The molecule has 2 rings (SSSR count). The summed E-state index contributed by atoms with van der Waals surface area (Å²) in [4.78, 5) is 25.8. The van der Waals surface area contributed by atoms with E-state index in [1.807, 2.05) is 5.32 Å². The standard InChI is InChI=1S/C11H10F3N3O3/c12-11(13,14)10(1-2-10)17-9(20)16-7-3-6(8(18)19)4-15-5-7/h3-5H,1-2H2,(H,18,19)(H2,16,17,20). The molecule has 0 unspecified atom stereocenters.